The molecule has 10 nitrogen and oxygen atoms in total. The average molecular weight is 654 g/mol. The van der Waals surface area contributed by atoms with Crippen molar-refractivity contribution in [3.05, 3.63) is 59.2 Å². The number of para-hydroxylation sites is 1. The van der Waals surface area contributed by atoms with E-state index in [1.807, 2.05) is 32.9 Å². The minimum absolute atomic E-state index is 0.0104. The number of aliphatic hydroxyl groups excluding tert-OH is 1. The molecule has 2 aromatic carbocycles. The molecule has 46 heavy (non-hydrogen) atoms. The van der Waals surface area contributed by atoms with E-state index in [1.165, 1.54) is 4.90 Å². The number of carbonyl (C=O) groups excluding carboxylic acids is 4. The predicted octanol–water partition coefficient (Wildman–Crippen LogP) is 3.98. The molecule has 252 valence electrons. The van der Waals surface area contributed by atoms with Crippen LogP contribution in [0, 0.1) is 29.2 Å². The minimum atomic E-state index is -1.83. The van der Waals surface area contributed by atoms with Crippen LogP contribution in [0.15, 0.2) is 30.3 Å². The molecule has 0 spiro atoms. The molecule has 1 aliphatic heterocycles. The van der Waals surface area contributed by atoms with Gasteiger partial charge in [-0.2, -0.15) is 8.78 Å². The van der Waals surface area contributed by atoms with Gasteiger partial charge in [0.15, 0.2) is 17.4 Å². The van der Waals surface area contributed by atoms with Gasteiger partial charge in [0, 0.05) is 24.8 Å². The van der Waals surface area contributed by atoms with E-state index in [0.29, 0.717) is 5.69 Å². The van der Waals surface area contributed by atoms with Gasteiger partial charge in [-0.3, -0.25) is 19.2 Å². The van der Waals surface area contributed by atoms with Crippen molar-refractivity contribution in [2.75, 3.05) is 25.0 Å². The van der Waals surface area contributed by atoms with Crippen LogP contribution >= 0.6 is 0 Å². The number of likely N-dealkylation sites (tertiary alicyclic amines) is 1. The van der Waals surface area contributed by atoms with Crippen LogP contribution in [0.2, 0.25) is 0 Å². The molecular formula is C32H39F4N3O7. The number of hydrogen-bond acceptors (Lipinski definition) is 7. The number of nitrogens with one attached hydrogen (secondary N) is 2. The summed E-state index contributed by atoms with van der Waals surface area (Å²) in [5.74, 6) is -12.7. The van der Waals surface area contributed by atoms with Gasteiger partial charge < -0.3 is 30.1 Å². The number of nitrogens with zero attached hydrogens (tertiary/aromatic N) is 1. The van der Waals surface area contributed by atoms with Crippen molar-refractivity contribution in [1.29, 1.82) is 0 Å². The van der Waals surface area contributed by atoms with Crippen LogP contribution in [0.25, 0.3) is 0 Å². The molecule has 3 rings (SSSR count). The number of esters is 1. The summed E-state index contributed by atoms with van der Waals surface area (Å²) in [6.45, 7) is 9.58. The lowest BCUT2D eigenvalue weighted by atomic mass is 9.86. The highest BCUT2D eigenvalue weighted by Crippen LogP contribution is 2.30. The zero-order valence-electron chi connectivity index (χ0n) is 26.5. The zero-order valence-corrected chi connectivity index (χ0v) is 26.5. The first kappa shape index (κ1) is 36.3. The van der Waals surface area contributed by atoms with Gasteiger partial charge in [-0.15, -0.1) is 0 Å². The first-order chi connectivity index (χ1) is 21.3. The summed E-state index contributed by atoms with van der Waals surface area (Å²) in [6.07, 6.45) is -2.27. The Balaban J connectivity index is 1.69. The number of benzene rings is 2. The van der Waals surface area contributed by atoms with Gasteiger partial charge in [0.2, 0.25) is 17.5 Å². The van der Waals surface area contributed by atoms with E-state index in [2.05, 4.69) is 10.6 Å². The van der Waals surface area contributed by atoms with Crippen molar-refractivity contribution in [2.45, 2.75) is 77.5 Å². The number of amides is 3. The second-order valence-corrected chi connectivity index (χ2v) is 13.1. The van der Waals surface area contributed by atoms with Gasteiger partial charge in [-0.1, -0.05) is 39.0 Å². The normalized spacial score (nSPS) is 16.4. The van der Waals surface area contributed by atoms with Crippen molar-refractivity contribution in [3.63, 3.8) is 0 Å². The van der Waals surface area contributed by atoms with Crippen molar-refractivity contribution >= 4 is 29.4 Å². The number of aliphatic hydroxyl groups is 1. The highest BCUT2D eigenvalue weighted by molar-refractivity contribution is 6.39. The van der Waals surface area contributed by atoms with E-state index < -0.39 is 89.4 Å². The number of anilines is 1. The van der Waals surface area contributed by atoms with E-state index in [-0.39, 0.29) is 31.0 Å². The Morgan fingerprint density at radius 1 is 1.00 bits per heavy atom. The van der Waals surface area contributed by atoms with E-state index >= 15 is 0 Å². The Hall–Kier alpha value is -4.20. The molecule has 0 aliphatic carbocycles. The monoisotopic (exact) mass is 653 g/mol. The molecule has 1 fully saturated rings. The third kappa shape index (κ3) is 9.41. The second-order valence-electron chi connectivity index (χ2n) is 13.1. The highest BCUT2D eigenvalue weighted by atomic mass is 19.2. The molecule has 3 amide bonds. The fraction of sp³-hybridized carbons (Fsp3) is 0.500. The fourth-order valence-electron chi connectivity index (χ4n) is 4.83. The molecule has 0 saturated carbocycles. The Kier molecular flexibility index (Phi) is 11.4. The van der Waals surface area contributed by atoms with Gasteiger partial charge in [0.25, 0.3) is 0 Å². The molecule has 0 aromatic heterocycles. The summed E-state index contributed by atoms with van der Waals surface area (Å²) >= 11 is 0. The van der Waals surface area contributed by atoms with Crippen LogP contribution in [0.1, 0.15) is 59.9 Å². The highest BCUT2D eigenvalue weighted by Gasteiger charge is 2.37. The molecular weight excluding hydrogens is 614 g/mol. The summed E-state index contributed by atoms with van der Waals surface area (Å²) in [5, 5.41) is 15.9. The van der Waals surface area contributed by atoms with Crippen molar-refractivity contribution in [2.24, 2.45) is 5.92 Å². The second kappa shape index (κ2) is 14.5. The molecule has 0 radical (unpaired) electrons. The Morgan fingerprint density at radius 2 is 1.61 bits per heavy atom. The van der Waals surface area contributed by atoms with Gasteiger partial charge in [-0.25, -0.2) is 8.78 Å². The lowest BCUT2D eigenvalue weighted by molar-refractivity contribution is -0.156. The fourth-order valence-corrected chi connectivity index (χ4v) is 4.83. The third-order valence-corrected chi connectivity index (χ3v) is 7.09. The number of halogens is 4. The Bertz CT molecular complexity index is 1450. The van der Waals surface area contributed by atoms with E-state index in [9.17, 15) is 41.8 Å². The van der Waals surface area contributed by atoms with Crippen LogP contribution in [-0.2, 0) is 29.3 Å². The number of hydrogen-bond donors (Lipinski definition) is 3. The predicted molar refractivity (Wildman–Crippen MR) is 159 cm³/mol. The summed E-state index contributed by atoms with van der Waals surface area (Å²) in [6, 6.07) is 5.62. The molecule has 1 aliphatic rings. The van der Waals surface area contributed by atoms with Crippen molar-refractivity contribution in [1.82, 2.24) is 10.2 Å². The van der Waals surface area contributed by atoms with Crippen LogP contribution in [0.4, 0.5) is 23.2 Å². The van der Waals surface area contributed by atoms with E-state index in [4.69, 9.17) is 9.47 Å². The van der Waals surface area contributed by atoms with Crippen LogP contribution in [-0.4, -0.2) is 71.1 Å². The lowest BCUT2D eigenvalue weighted by Gasteiger charge is -2.27. The lowest BCUT2D eigenvalue weighted by Crippen LogP contribution is -2.50. The molecule has 0 bridgehead atoms. The Labute approximate surface area is 264 Å². The average Bonchev–Trinajstić information content (AvgIpc) is 3.44. The van der Waals surface area contributed by atoms with Gasteiger partial charge in [0.05, 0.1) is 18.4 Å². The standard InChI is InChI=1S/C32H39F4N3O7/c1-31(2,3)18-9-7-8-10-21(18)37-29(43)30(44)39-12-11-17(15-39)28(42)38-22(14-24(41)46-32(4,5)6)23(40)16-45-27-25(35)19(33)13-20(34)26(27)36/h7-10,13,17,22-23,40H,11-12,14-16H2,1-6H3,(H,37,43)(H,38,42)/t17?,22-,23?/m0/s1. The molecule has 3 N–H and O–H groups in total. The van der Waals surface area contributed by atoms with Crippen molar-refractivity contribution < 1.29 is 51.3 Å². The first-order valence-corrected chi connectivity index (χ1v) is 14.6. The Morgan fingerprint density at radius 3 is 2.20 bits per heavy atom. The summed E-state index contributed by atoms with van der Waals surface area (Å²) in [4.78, 5) is 52.8. The number of ether oxygens (including phenoxy) is 2. The third-order valence-electron chi connectivity index (χ3n) is 7.09. The molecule has 1 heterocycles. The van der Waals surface area contributed by atoms with E-state index in [1.54, 1.807) is 32.9 Å². The summed E-state index contributed by atoms with van der Waals surface area (Å²) in [7, 11) is 0. The quantitative estimate of drug-likeness (QED) is 0.161. The number of rotatable bonds is 9. The molecule has 14 heteroatoms. The van der Waals surface area contributed by atoms with Crippen LogP contribution in [0.3, 0.4) is 0 Å². The SMILES string of the molecule is CC(C)(C)OC(=O)C[C@H](NC(=O)C1CCN(C(=O)C(=O)Nc2ccccc2C(C)(C)C)C1)C(O)COc1c(F)c(F)cc(F)c1F. The number of carbonyl (C=O) groups is 4. The van der Waals surface area contributed by atoms with Gasteiger partial charge in [0.1, 0.15) is 18.3 Å². The van der Waals surface area contributed by atoms with Gasteiger partial charge >= 0.3 is 17.8 Å². The summed E-state index contributed by atoms with van der Waals surface area (Å²) < 4.78 is 65.4. The largest absolute Gasteiger partial charge is 0.485 e. The maximum Gasteiger partial charge on any atom is 0.313 e. The summed E-state index contributed by atoms with van der Waals surface area (Å²) in [5.41, 5.74) is 0.0502. The van der Waals surface area contributed by atoms with Crippen molar-refractivity contribution in [3.8, 4) is 5.75 Å². The molecule has 2 aromatic rings. The smallest absolute Gasteiger partial charge is 0.313 e. The molecule has 3 atom stereocenters. The zero-order chi connectivity index (χ0) is 34.6. The maximum atomic E-state index is 14.1. The molecule has 2 unspecified atom stereocenters. The topological polar surface area (TPSA) is 134 Å². The van der Waals surface area contributed by atoms with Crippen LogP contribution in [0.5, 0.6) is 5.75 Å². The maximum absolute atomic E-state index is 14.1. The first-order valence-electron chi connectivity index (χ1n) is 14.6. The van der Waals surface area contributed by atoms with Crippen LogP contribution < -0.4 is 15.4 Å². The van der Waals surface area contributed by atoms with Gasteiger partial charge in [-0.05, 0) is 44.2 Å². The van der Waals surface area contributed by atoms with E-state index in [0.717, 1.165) is 5.56 Å². The minimum Gasteiger partial charge on any atom is -0.485 e. The molecule has 1 saturated heterocycles.